The molecule has 202 valence electrons. The van der Waals surface area contributed by atoms with Crippen LogP contribution >= 0.6 is 23.1 Å². The molecule has 1 aromatic heterocycles. The lowest BCUT2D eigenvalue weighted by Gasteiger charge is -2.20. The van der Waals surface area contributed by atoms with Crippen LogP contribution in [0.5, 0.6) is 5.75 Å². The zero-order valence-corrected chi connectivity index (χ0v) is 24.0. The number of hydrogen-bond donors (Lipinski definition) is 1. The fourth-order valence-electron chi connectivity index (χ4n) is 5.10. The third kappa shape index (κ3) is 5.99. The van der Waals surface area contributed by atoms with Crippen LogP contribution in [0.1, 0.15) is 53.9 Å². The Labute approximate surface area is 242 Å². The Balaban J connectivity index is 1.33. The molecule has 0 saturated carbocycles. The summed E-state index contributed by atoms with van der Waals surface area (Å²) in [7, 11) is 0. The molecule has 0 aliphatic carbocycles. The number of amides is 1. The third-order valence-corrected chi connectivity index (χ3v) is 9.02. The second-order valence-corrected chi connectivity index (χ2v) is 11.8. The summed E-state index contributed by atoms with van der Waals surface area (Å²) in [4.78, 5) is 35.8. The summed E-state index contributed by atoms with van der Waals surface area (Å²) >= 11 is 2.82. The van der Waals surface area contributed by atoms with Crippen LogP contribution in [0.3, 0.4) is 0 Å². The number of carbonyl (C=O) groups is 3. The maximum atomic E-state index is 12.4. The van der Waals surface area contributed by atoms with Crippen molar-refractivity contribution >= 4 is 50.0 Å². The summed E-state index contributed by atoms with van der Waals surface area (Å²) in [5.41, 5.74) is 11.6. The van der Waals surface area contributed by atoms with Crippen LogP contribution in [0.2, 0.25) is 0 Å². The van der Waals surface area contributed by atoms with Crippen LogP contribution in [0.4, 0.5) is 0 Å². The van der Waals surface area contributed by atoms with Crippen LogP contribution in [0.25, 0.3) is 21.2 Å². The number of benzene rings is 3. The van der Waals surface area contributed by atoms with Gasteiger partial charge in [0.1, 0.15) is 12.4 Å². The van der Waals surface area contributed by atoms with Gasteiger partial charge in [0, 0.05) is 27.8 Å². The maximum Gasteiger partial charge on any atom is 0.255 e. The number of ether oxygens (including phenoxy) is 1. The topological polar surface area (TPSA) is 86.5 Å². The van der Waals surface area contributed by atoms with E-state index in [1.165, 1.54) is 4.70 Å². The fourth-order valence-corrected chi connectivity index (χ4v) is 6.87. The second kappa shape index (κ2) is 12.1. The van der Waals surface area contributed by atoms with E-state index in [0.717, 1.165) is 56.3 Å². The monoisotopic (exact) mass is 567 g/mol. The van der Waals surface area contributed by atoms with Gasteiger partial charge in [0.15, 0.2) is 0 Å². The number of ketones is 1. The molecule has 1 fully saturated rings. The molecule has 1 aliphatic rings. The molecule has 1 saturated heterocycles. The highest BCUT2D eigenvalue weighted by Crippen LogP contribution is 2.38. The number of rotatable bonds is 8. The SMILES string of the molecule is CC#C[C@@H](CC(N)=O)c1ccc(OCc2ccc3scc(-c4ccc(C5CCSC(=O)C5=O)cc4C)c3c2)cc1. The molecule has 3 aromatic carbocycles. The molecule has 2 atom stereocenters. The van der Waals surface area contributed by atoms with Crippen molar-refractivity contribution < 1.29 is 19.1 Å². The Hall–Kier alpha value is -3.86. The zero-order chi connectivity index (χ0) is 28.2. The predicted octanol–water partition coefficient (Wildman–Crippen LogP) is 6.75. The van der Waals surface area contributed by atoms with E-state index in [1.807, 2.05) is 30.3 Å². The lowest BCUT2D eigenvalue weighted by atomic mass is 9.88. The highest BCUT2D eigenvalue weighted by Gasteiger charge is 2.31. The van der Waals surface area contributed by atoms with Gasteiger partial charge in [0.05, 0.1) is 11.8 Å². The van der Waals surface area contributed by atoms with Crippen LogP contribution in [0, 0.1) is 18.8 Å². The van der Waals surface area contributed by atoms with E-state index in [9.17, 15) is 14.4 Å². The quantitative estimate of drug-likeness (QED) is 0.188. The smallest absolute Gasteiger partial charge is 0.255 e. The molecule has 4 aromatic rings. The number of thiophene rings is 1. The zero-order valence-electron chi connectivity index (χ0n) is 22.4. The number of thioether (sulfide) groups is 1. The lowest BCUT2D eigenvalue weighted by Crippen LogP contribution is -2.25. The minimum absolute atomic E-state index is 0.184. The fraction of sp³-hybridized carbons (Fsp3) is 0.242. The van der Waals surface area contributed by atoms with Crippen molar-refractivity contribution in [1.82, 2.24) is 0 Å². The van der Waals surface area contributed by atoms with Gasteiger partial charge < -0.3 is 10.5 Å². The molecule has 5 rings (SSSR count). The molecule has 2 heterocycles. The summed E-state index contributed by atoms with van der Waals surface area (Å²) in [5, 5.41) is 3.00. The van der Waals surface area contributed by atoms with E-state index in [0.29, 0.717) is 18.8 Å². The highest BCUT2D eigenvalue weighted by atomic mass is 32.2. The van der Waals surface area contributed by atoms with Gasteiger partial charge in [-0.1, -0.05) is 54.1 Å². The summed E-state index contributed by atoms with van der Waals surface area (Å²) in [6.45, 7) is 4.22. The van der Waals surface area contributed by atoms with Crippen LogP contribution in [-0.4, -0.2) is 22.6 Å². The third-order valence-electron chi connectivity index (χ3n) is 7.15. The Morgan fingerprint density at radius 3 is 2.60 bits per heavy atom. The first-order valence-corrected chi connectivity index (χ1v) is 15.0. The van der Waals surface area contributed by atoms with Gasteiger partial charge in [-0.05, 0) is 77.7 Å². The van der Waals surface area contributed by atoms with Crippen molar-refractivity contribution in [2.24, 2.45) is 5.73 Å². The number of hydrogen-bond acceptors (Lipinski definition) is 6. The lowest BCUT2D eigenvalue weighted by molar-refractivity contribution is -0.133. The normalized spacial score (nSPS) is 15.9. The highest BCUT2D eigenvalue weighted by molar-refractivity contribution is 8.15. The average molecular weight is 568 g/mol. The van der Waals surface area contributed by atoms with E-state index >= 15 is 0 Å². The molecule has 40 heavy (non-hydrogen) atoms. The molecule has 1 amide bonds. The number of fused-ring (bicyclic) bond motifs is 1. The van der Waals surface area contributed by atoms with Crippen molar-refractivity contribution in [3.8, 4) is 28.7 Å². The number of nitrogens with two attached hydrogens (primary N) is 1. The van der Waals surface area contributed by atoms with Crippen molar-refractivity contribution in [2.45, 2.75) is 45.1 Å². The molecule has 1 unspecified atom stereocenters. The van der Waals surface area contributed by atoms with Gasteiger partial charge in [-0.25, -0.2) is 0 Å². The largest absolute Gasteiger partial charge is 0.489 e. The van der Waals surface area contributed by atoms with Gasteiger partial charge in [0.25, 0.3) is 5.12 Å². The van der Waals surface area contributed by atoms with Gasteiger partial charge in [-0.2, -0.15) is 0 Å². The van der Waals surface area contributed by atoms with Crippen molar-refractivity contribution in [3.05, 3.63) is 88.3 Å². The Morgan fingerprint density at radius 2 is 1.88 bits per heavy atom. The molecule has 7 heteroatoms. The number of aryl methyl sites for hydroxylation is 1. The van der Waals surface area contributed by atoms with E-state index in [4.69, 9.17) is 10.5 Å². The van der Waals surface area contributed by atoms with Gasteiger partial charge in [-0.3, -0.25) is 14.4 Å². The molecule has 0 radical (unpaired) electrons. The standard InChI is InChI=1S/C33H29NO4S2/c1-3-4-23(17-31(34)35)22-6-9-25(10-7-22)38-18-21-5-12-30-28(16-21)29(19-40-30)26-11-8-24(15-20(26)2)27-13-14-39-33(37)32(27)36/h5-12,15-16,19,23,27H,13-14,17-18H2,1-2H3,(H2,34,35)/t23-,27?/m0/s1. The van der Waals surface area contributed by atoms with E-state index in [1.54, 1.807) is 18.3 Å². The van der Waals surface area contributed by atoms with Gasteiger partial charge in [0.2, 0.25) is 11.7 Å². The van der Waals surface area contributed by atoms with Gasteiger partial charge >= 0.3 is 0 Å². The van der Waals surface area contributed by atoms with Crippen LogP contribution in [0.15, 0.2) is 66.0 Å². The first-order valence-electron chi connectivity index (χ1n) is 13.1. The number of primary amides is 1. The Kier molecular flexibility index (Phi) is 8.39. The molecule has 0 spiro atoms. The van der Waals surface area contributed by atoms with Crippen molar-refractivity contribution in [3.63, 3.8) is 0 Å². The number of Topliss-reactive ketones (excluding diaryl/α,β-unsaturated/α-hetero) is 1. The number of carbonyl (C=O) groups excluding carboxylic acids is 3. The molecular formula is C33H29NO4S2. The summed E-state index contributed by atoms with van der Waals surface area (Å²) in [6, 6.07) is 20.1. The predicted molar refractivity (Wildman–Crippen MR) is 163 cm³/mol. The van der Waals surface area contributed by atoms with Crippen LogP contribution < -0.4 is 10.5 Å². The van der Waals surface area contributed by atoms with Gasteiger partial charge in [-0.15, -0.1) is 17.3 Å². The summed E-state index contributed by atoms with van der Waals surface area (Å²) in [5.74, 6) is 6.11. The molecule has 0 bridgehead atoms. The first-order chi connectivity index (χ1) is 19.3. The van der Waals surface area contributed by atoms with Crippen molar-refractivity contribution in [1.29, 1.82) is 0 Å². The second-order valence-electron chi connectivity index (χ2n) is 9.87. The van der Waals surface area contributed by atoms with E-state index < -0.39 is 0 Å². The minimum atomic E-state index is -0.377. The first kappa shape index (κ1) is 27.7. The maximum absolute atomic E-state index is 12.4. The molecular weight excluding hydrogens is 539 g/mol. The Morgan fingerprint density at radius 1 is 1.07 bits per heavy atom. The summed E-state index contributed by atoms with van der Waals surface area (Å²) < 4.78 is 7.27. The minimum Gasteiger partial charge on any atom is -0.489 e. The molecule has 5 nitrogen and oxygen atoms in total. The van der Waals surface area contributed by atoms with E-state index in [2.05, 4.69) is 54.5 Å². The average Bonchev–Trinajstić information content (AvgIpc) is 3.36. The van der Waals surface area contributed by atoms with Crippen molar-refractivity contribution in [2.75, 3.05) is 5.75 Å². The molecule has 2 N–H and O–H groups in total. The summed E-state index contributed by atoms with van der Waals surface area (Å²) in [6.07, 6.45) is 0.881. The van der Waals surface area contributed by atoms with Crippen LogP contribution in [-0.2, 0) is 21.0 Å². The van der Waals surface area contributed by atoms with E-state index in [-0.39, 0.29) is 35.1 Å². The Bertz CT molecular complexity index is 1660. The molecule has 1 aliphatic heterocycles.